The maximum atomic E-state index is 10.8. The fourth-order valence-corrected chi connectivity index (χ4v) is 1.21. The van der Waals surface area contributed by atoms with Gasteiger partial charge in [0.15, 0.2) is 0 Å². The van der Waals surface area contributed by atoms with E-state index in [-0.39, 0.29) is 12.5 Å². The van der Waals surface area contributed by atoms with Crippen LogP contribution in [-0.4, -0.2) is 12.5 Å². The van der Waals surface area contributed by atoms with Crippen molar-refractivity contribution >= 4 is 5.91 Å². The van der Waals surface area contributed by atoms with E-state index in [0.717, 1.165) is 12.1 Å². The topological polar surface area (TPSA) is 67.2 Å². The van der Waals surface area contributed by atoms with Crippen molar-refractivity contribution in [1.29, 1.82) is 0 Å². The first-order valence-electron chi connectivity index (χ1n) is 4.34. The zero-order valence-electron chi connectivity index (χ0n) is 7.71. The van der Waals surface area contributed by atoms with Gasteiger partial charge in [-0.1, -0.05) is 19.1 Å². The molecular weight excluding hydrogens is 166 g/mol. The van der Waals surface area contributed by atoms with Crippen molar-refractivity contribution in [1.82, 2.24) is 10.7 Å². The number of rotatable bonds is 3. The first-order chi connectivity index (χ1) is 6.24. The smallest absolute Gasteiger partial charge is 0.253 e. The van der Waals surface area contributed by atoms with Gasteiger partial charge in [0.2, 0.25) is 0 Å². The molecule has 0 heterocycles. The average Bonchev–Trinajstić information content (AvgIpc) is 2.16. The van der Waals surface area contributed by atoms with E-state index in [2.05, 4.69) is 23.7 Å². The predicted molar refractivity (Wildman–Crippen MR) is 51.3 cm³/mol. The third kappa shape index (κ3) is 2.91. The summed E-state index contributed by atoms with van der Waals surface area (Å²) in [5.41, 5.74) is 3.16. The van der Waals surface area contributed by atoms with Crippen LogP contribution < -0.4 is 16.6 Å². The lowest BCUT2D eigenvalue weighted by molar-refractivity contribution is -0.120. The van der Waals surface area contributed by atoms with Gasteiger partial charge >= 0.3 is 0 Å². The second-order valence-corrected chi connectivity index (χ2v) is 3.11. The Hall–Kier alpha value is -1.29. The minimum absolute atomic E-state index is 0.206. The van der Waals surface area contributed by atoms with Gasteiger partial charge in [0.25, 0.3) is 5.91 Å². The Balaban J connectivity index is 2.39. The number of nitrogens with two attached hydrogens (primary N) is 1. The van der Waals surface area contributed by atoms with E-state index in [1.807, 2.05) is 12.2 Å². The summed E-state index contributed by atoms with van der Waals surface area (Å²) in [6, 6.07) is 0. The van der Waals surface area contributed by atoms with Crippen LogP contribution in [0.25, 0.3) is 0 Å². The first kappa shape index (κ1) is 9.80. The molecule has 4 nitrogen and oxygen atoms in total. The lowest BCUT2D eigenvalue weighted by Gasteiger charge is -2.18. The Morgan fingerprint density at radius 2 is 2.54 bits per heavy atom. The zero-order valence-corrected chi connectivity index (χ0v) is 7.71. The van der Waals surface area contributed by atoms with Gasteiger partial charge in [-0.25, -0.2) is 5.84 Å². The molecule has 0 aromatic carbocycles. The normalized spacial score (nSPS) is 20.8. The van der Waals surface area contributed by atoms with Crippen LogP contribution in [0.3, 0.4) is 0 Å². The molecule has 1 aliphatic rings. The number of carbonyl (C=O) groups excluding carboxylic acids is 1. The third-order valence-electron chi connectivity index (χ3n) is 2.05. The highest BCUT2D eigenvalue weighted by molar-refractivity contribution is 5.77. The lowest BCUT2D eigenvalue weighted by atomic mass is 9.99. The molecule has 0 bridgehead atoms. The van der Waals surface area contributed by atoms with Crippen LogP contribution in [0.2, 0.25) is 0 Å². The Morgan fingerprint density at radius 1 is 1.77 bits per heavy atom. The van der Waals surface area contributed by atoms with E-state index < -0.39 is 0 Å². The molecule has 72 valence electrons. The molecule has 0 aromatic heterocycles. The molecule has 1 amide bonds. The minimum atomic E-state index is -0.206. The largest absolute Gasteiger partial charge is 0.379 e. The molecular formula is C9H15N3O. The van der Waals surface area contributed by atoms with E-state index >= 15 is 0 Å². The summed E-state index contributed by atoms with van der Waals surface area (Å²) in [5, 5.41) is 3.04. The van der Waals surface area contributed by atoms with Crippen molar-refractivity contribution in [2.45, 2.75) is 13.3 Å². The van der Waals surface area contributed by atoms with Crippen LogP contribution in [0.4, 0.5) is 0 Å². The molecule has 1 atom stereocenters. The summed E-state index contributed by atoms with van der Waals surface area (Å²) < 4.78 is 0. The second kappa shape index (κ2) is 4.67. The van der Waals surface area contributed by atoms with Crippen LogP contribution in [0.1, 0.15) is 13.3 Å². The van der Waals surface area contributed by atoms with E-state index in [4.69, 9.17) is 5.84 Å². The Kier molecular flexibility index (Phi) is 3.52. The third-order valence-corrected chi connectivity index (χ3v) is 2.05. The quantitative estimate of drug-likeness (QED) is 0.327. The lowest BCUT2D eigenvalue weighted by Crippen LogP contribution is -2.38. The maximum Gasteiger partial charge on any atom is 0.253 e. The molecule has 1 unspecified atom stereocenters. The van der Waals surface area contributed by atoms with Crippen LogP contribution in [-0.2, 0) is 4.79 Å². The monoisotopic (exact) mass is 181 g/mol. The molecule has 1 aliphatic carbocycles. The second-order valence-electron chi connectivity index (χ2n) is 3.11. The zero-order chi connectivity index (χ0) is 9.68. The molecule has 4 heteroatoms. The van der Waals surface area contributed by atoms with Crippen molar-refractivity contribution in [3.63, 3.8) is 0 Å². The highest BCUT2D eigenvalue weighted by Gasteiger charge is 2.09. The number of hydrogen-bond acceptors (Lipinski definition) is 3. The molecule has 0 radical (unpaired) electrons. The Morgan fingerprint density at radius 3 is 3.15 bits per heavy atom. The molecule has 1 rings (SSSR count). The van der Waals surface area contributed by atoms with Gasteiger partial charge in [-0.2, -0.15) is 0 Å². The van der Waals surface area contributed by atoms with Gasteiger partial charge in [-0.3, -0.25) is 10.2 Å². The van der Waals surface area contributed by atoms with Crippen molar-refractivity contribution in [2.24, 2.45) is 11.8 Å². The van der Waals surface area contributed by atoms with Gasteiger partial charge in [-0.15, -0.1) is 0 Å². The van der Waals surface area contributed by atoms with Gasteiger partial charge in [-0.05, 0) is 18.4 Å². The van der Waals surface area contributed by atoms with Gasteiger partial charge in [0.1, 0.15) is 0 Å². The average molecular weight is 181 g/mol. The standard InChI is InChI=1S/C9H15N3O/c1-7-4-2-3-5-8(7)11-6-9(13)12-10/h2-3,5,7,11H,4,6,10H2,1H3,(H,12,13). The van der Waals surface area contributed by atoms with Gasteiger partial charge in [0.05, 0.1) is 6.54 Å². The number of amides is 1. The molecule has 0 aromatic rings. The Bertz CT molecular complexity index is 245. The number of allylic oxidation sites excluding steroid dienone is 4. The van der Waals surface area contributed by atoms with Gasteiger partial charge in [0, 0.05) is 5.70 Å². The van der Waals surface area contributed by atoms with Crippen molar-refractivity contribution in [3.05, 3.63) is 23.9 Å². The van der Waals surface area contributed by atoms with Crippen LogP contribution in [0, 0.1) is 5.92 Å². The Labute approximate surface area is 77.8 Å². The number of carbonyl (C=O) groups is 1. The summed E-state index contributed by atoms with van der Waals surface area (Å²) in [6.07, 6.45) is 7.10. The minimum Gasteiger partial charge on any atom is -0.379 e. The highest BCUT2D eigenvalue weighted by atomic mass is 16.2. The van der Waals surface area contributed by atoms with Crippen LogP contribution in [0.5, 0.6) is 0 Å². The highest BCUT2D eigenvalue weighted by Crippen LogP contribution is 2.16. The fourth-order valence-electron chi connectivity index (χ4n) is 1.21. The molecule has 4 N–H and O–H groups in total. The first-order valence-corrected chi connectivity index (χ1v) is 4.34. The number of hydrogen-bond donors (Lipinski definition) is 3. The van der Waals surface area contributed by atoms with Crippen molar-refractivity contribution in [2.75, 3.05) is 6.54 Å². The molecule has 0 saturated carbocycles. The van der Waals surface area contributed by atoms with Gasteiger partial charge < -0.3 is 5.32 Å². The summed E-state index contributed by atoms with van der Waals surface area (Å²) in [6.45, 7) is 2.35. The predicted octanol–water partition coefficient (Wildman–Crippen LogP) is 0.0458. The molecule has 0 fully saturated rings. The molecule has 0 aliphatic heterocycles. The number of hydrazine groups is 1. The summed E-state index contributed by atoms with van der Waals surface area (Å²) >= 11 is 0. The van der Waals surface area contributed by atoms with E-state index in [0.29, 0.717) is 5.92 Å². The molecule has 13 heavy (non-hydrogen) atoms. The maximum absolute atomic E-state index is 10.8. The van der Waals surface area contributed by atoms with Crippen molar-refractivity contribution in [3.8, 4) is 0 Å². The molecule has 0 spiro atoms. The van der Waals surface area contributed by atoms with Crippen molar-refractivity contribution < 1.29 is 4.79 Å². The fraction of sp³-hybridized carbons (Fsp3) is 0.444. The van der Waals surface area contributed by atoms with E-state index in [1.54, 1.807) is 0 Å². The van der Waals surface area contributed by atoms with E-state index in [9.17, 15) is 4.79 Å². The number of nitrogens with one attached hydrogen (secondary N) is 2. The summed E-state index contributed by atoms with van der Waals surface area (Å²) in [5.74, 6) is 5.20. The molecule has 0 saturated heterocycles. The SMILES string of the molecule is CC1CC=CC=C1NCC(=O)NN. The summed E-state index contributed by atoms with van der Waals surface area (Å²) in [7, 11) is 0. The van der Waals surface area contributed by atoms with E-state index in [1.165, 1.54) is 0 Å². The summed E-state index contributed by atoms with van der Waals surface area (Å²) in [4.78, 5) is 10.8. The van der Waals surface area contributed by atoms with Crippen LogP contribution >= 0.6 is 0 Å². The van der Waals surface area contributed by atoms with Crippen LogP contribution in [0.15, 0.2) is 23.9 Å².